The van der Waals surface area contributed by atoms with Gasteiger partial charge in [-0.25, -0.2) is 29.9 Å². The Morgan fingerprint density at radius 2 is 0.510 bits per heavy atom. The first-order valence-electron chi connectivity index (χ1n) is 35.1. The molecular weight excluding hydrogens is 1270 g/mol. The first-order valence-corrected chi connectivity index (χ1v) is 35.1. The number of nitrogens with zero attached hydrogens (tertiary/aromatic N) is 6. The van der Waals surface area contributed by atoms with Crippen molar-refractivity contribution in [3.05, 3.63) is 328 Å². The van der Waals surface area contributed by atoms with Gasteiger partial charge in [-0.3, -0.25) is 0 Å². The molecule has 8 heteroatoms. The molecule has 8 nitrogen and oxygen atoms in total. The molecule has 2 aliphatic carbocycles. The summed E-state index contributed by atoms with van der Waals surface area (Å²) in [5.74, 6) is 3.43. The van der Waals surface area contributed by atoms with E-state index in [1.165, 1.54) is 27.5 Å². The minimum Gasteiger partial charge on any atom is -0.456 e. The molecule has 480 valence electrons. The fourth-order valence-corrected chi connectivity index (χ4v) is 16.6. The van der Waals surface area contributed by atoms with E-state index in [-0.39, 0.29) is 0 Å². The number of fused-ring (bicyclic) bond motifs is 13. The molecular formula is C96H54N6O2. The van der Waals surface area contributed by atoms with Crippen LogP contribution in [0, 0.1) is 0 Å². The van der Waals surface area contributed by atoms with Gasteiger partial charge in [-0.2, -0.15) is 0 Å². The Kier molecular flexibility index (Phi) is 12.6. The van der Waals surface area contributed by atoms with Crippen LogP contribution in [-0.2, 0) is 0 Å². The summed E-state index contributed by atoms with van der Waals surface area (Å²) in [5.41, 5.74) is 26.2. The predicted molar refractivity (Wildman–Crippen MR) is 424 cm³/mol. The first-order chi connectivity index (χ1) is 51.5. The maximum atomic E-state index is 6.61. The van der Waals surface area contributed by atoms with Gasteiger partial charge in [-0.15, -0.1) is 0 Å². The highest BCUT2D eigenvalue weighted by Crippen LogP contribution is 2.53. The number of rotatable bonds is 10. The van der Waals surface area contributed by atoms with Crippen molar-refractivity contribution in [1.29, 1.82) is 0 Å². The zero-order valence-electron chi connectivity index (χ0n) is 55.7. The first kappa shape index (κ1) is 57.8. The SMILES string of the molecule is c1ccc(-c2ccccc2-c2nc(-c3ccc4c(c3)-c3cccc5cccc-4c35)nc(-c3cc(-c4ccc5c(c4)-c4ccc(-c6nc(-c7ccc8ccccc8c7)nc(-c7ccccc7-c7cccc8oc9ccccc9c78)n6)c6cccc-5c46)ccc3-c3cccc4oc5ccccc5c34)n2)cc1. The van der Waals surface area contributed by atoms with Crippen LogP contribution >= 0.6 is 0 Å². The van der Waals surface area contributed by atoms with Gasteiger partial charge in [0, 0.05) is 54.9 Å². The third kappa shape index (κ3) is 8.98. The number of aromatic nitrogens is 6. The van der Waals surface area contributed by atoms with Crippen molar-refractivity contribution in [2.24, 2.45) is 0 Å². The number of hydrogen-bond acceptors (Lipinski definition) is 8. The van der Waals surface area contributed by atoms with Crippen LogP contribution in [0.15, 0.2) is 336 Å². The minimum absolute atomic E-state index is 0.545. The second-order valence-corrected chi connectivity index (χ2v) is 27.1. The molecule has 0 aliphatic heterocycles. The Morgan fingerprint density at radius 1 is 0.154 bits per heavy atom. The van der Waals surface area contributed by atoms with Crippen molar-refractivity contribution in [2.75, 3.05) is 0 Å². The zero-order valence-corrected chi connectivity index (χ0v) is 55.7. The highest BCUT2D eigenvalue weighted by molar-refractivity contribution is 6.20. The van der Waals surface area contributed by atoms with Gasteiger partial charge in [-0.1, -0.05) is 273 Å². The Morgan fingerprint density at radius 3 is 1.15 bits per heavy atom. The van der Waals surface area contributed by atoms with Gasteiger partial charge in [0.15, 0.2) is 34.9 Å². The Balaban J connectivity index is 0.717. The summed E-state index contributed by atoms with van der Waals surface area (Å²) in [7, 11) is 0. The summed E-state index contributed by atoms with van der Waals surface area (Å²) in [5, 5.41) is 11.1. The highest BCUT2D eigenvalue weighted by Gasteiger charge is 2.29. The maximum Gasteiger partial charge on any atom is 0.164 e. The normalized spacial score (nSPS) is 12.0. The van der Waals surface area contributed by atoms with Gasteiger partial charge in [0.1, 0.15) is 22.3 Å². The van der Waals surface area contributed by atoms with Crippen LogP contribution in [0.1, 0.15) is 0 Å². The fourth-order valence-electron chi connectivity index (χ4n) is 16.6. The van der Waals surface area contributed by atoms with Crippen molar-refractivity contribution in [2.45, 2.75) is 0 Å². The zero-order chi connectivity index (χ0) is 68.1. The van der Waals surface area contributed by atoms with E-state index in [4.69, 9.17) is 38.7 Å². The largest absolute Gasteiger partial charge is 0.456 e. The lowest BCUT2D eigenvalue weighted by Crippen LogP contribution is -2.02. The van der Waals surface area contributed by atoms with Gasteiger partial charge in [0.25, 0.3) is 0 Å². The molecule has 0 bridgehead atoms. The van der Waals surface area contributed by atoms with Gasteiger partial charge in [0.2, 0.25) is 0 Å². The van der Waals surface area contributed by atoms with Crippen LogP contribution in [0.4, 0.5) is 0 Å². The van der Waals surface area contributed by atoms with Gasteiger partial charge in [0.05, 0.1) is 0 Å². The molecule has 4 heterocycles. The highest BCUT2D eigenvalue weighted by atomic mass is 16.3. The Bertz CT molecular complexity index is 7060. The minimum atomic E-state index is 0.545. The van der Waals surface area contributed by atoms with E-state index in [2.05, 4.69) is 297 Å². The average Bonchev–Trinajstić information content (AvgIpc) is 1.45. The van der Waals surface area contributed by atoms with E-state index in [9.17, 15) is 0 Å². The fraction of sp³-hybridized carbons (Fsp3) is 0. The molecule has 2 aliphatic rings. The molecule has 22 rings (SSSR count). The summed E-state index contributed by atoms with van der Waals surface area (Å²) >= 11 is 0. The quantitative estimate of drug-likeness (QED) is 0.133. The molecule has 0 saturated heterocycles. The van der Waals surface area contributed by atoms with Crippen LogP contribution in [0.2, 0.25) is 0 Å². The second-order valence-electron chi connectivity index (χ2n) is 27.1. The van der Waals surface area contributed by atoms with E-state index in [0.717, 1.165) is 171 Å². The summed E-state index contributed by atoms with van der Waals surface area (Å²) in [6.07, 6.45) is 0. The van der Waals surface area contributed by atoms with Crippen LogP contribution in [0.25, 0.3) is 234 Å². The molecule has 0 fully saturated rings. The number of furan rings is 2. The Hall–Kier alpha value is -14.1. The number of hydrogen-bond donors (Lipinski definition) is 0. The van der Waals surface area contributed by atoms with Crippen molar-refractivity contribution in [3.8, 4) is 157 Å². The molecule has 0 saturated carbocycles. The summed E-state index contributed by atoms with van der Waals surface area (Å²) in [4.78, 5) is 33.2. The van der Waals surface area contributed by atoms with Crippen LogP contribution in [0.5, 0.6) is 0 Å². The van der Waals surface area contributed by atoms with Gasteiger partial charge < -0.3 is 8.83 Å². The molecule has 104 heavy (non-hydrogen) atoms. The third-order valence-corrected chi connectivity index (χ3v) is 21.3. The molecule has 20 aromatic rings. The topological polar surface area (TPSA) is 104 Å². The summed E-state index contributed by atoms with van der Waals surface area (Å²) in [6.45, 7) is 0. The lowest BCUT2D eigenvalue weighted by molar-refractivity contribution is 0.668. The number of para-hydroxylation sites is 2. The second kappa shape index (κ2) is 22.7. The summed E-state index contributed by atoms with van der Waals surface area (Å²) in [6, 6.07) is 116. The maximum absolute atomic E-state index is 6.61. The van der Waals surface area contributed by atoms with Gasteiger partial charge >= 0.3 is 0 Å². The van der Waals surface area contributed by atoms with Crippen molar-refractivity contribution >= 4 is 76.2 Å². The third-order valence-electron chi connectivity index (χ3n) is 21.3. The standard InChI is InChI=1S/C96H54N6O2/c1-2-20-56(21-3-1)63-25-6-8-27-75(63)93-99-92(62-45-48-65-68-31-14-23-57-24-15-32-73(87(57)68)81(65)54-62)100-96(102-93)82-53-60(44-47-67(82)71-36-18-40-86-90(71)79-30-11-13-38-84(79)104-86)59-43-46-66-69-33-16-34-72-77(50-49-74(88(69)72)80(66)52-59)95-98-91(61-42-41-55-19-4-5-22-58(55)51-61)97-94(101-95)76-28-9-7-26-64(76)70-35-17-39-85-89(70)78-29-10-12-37-83(78)103-85/h1-54H. The molecule has 0 radical (unpaired) electrons. The predicted octanol–water partition coefficient (Wildman–Crippen LogP) is 25.3. The van der Waals surface area contributed by atoms with Gasteiger partial charge in [-0.05, 0) is 176 Å². The van der Waals surface area contributed by atoms with E-state index in [0.29, 0.717) is 34.9 Å². The van der Waals surface area contributed by atoms with Crippen molar-refractivity contribution < 1.29 is 8.83 Å². The molecule has 0 amide bonds. The van der Waals surface area contributed by atoms with Crippen LogP contribution in [-0.4, -0.2) is 29.9 Å². The van der Waals surface area contributed by atoms with Crippen LogP contribution < -0.4 is 0 Å². The molecule has 0 N–H and O–H groups in total. The van der Waals surface area contributed by atoms with E-state index >= 15 is 0 Å². The summed E-state index contributed by atoms with van der Waals surface area (Å²) < 4.78 is 13.1. The molecule has 16 aromatic carbocycles. The van der Waals surface area contributed by atoms with E-state index in [1.807, 2.05) is 30.3 Å². The molecule has 0 atom stereocenters. The molecule has 4 aromatic heterocycles. The van der Waals surface area contributed by atoms with Crippen LogP contribution in [0.3, 0.4) is 0 Å². The molecule has 0 spiro atoms. The number of benzene rings is 16. The van der Waals surface area contributed by atoms with E-state index in [1.54, 1.807) is 0 Å². The Labute approximate surface area is 596 Å². The lowest BCUT2D eigenvalue weighted by atomic mass is 9.90. The average molecular weight is 1320 g/mol. The smallest absolute Gasteiger partial charge is 0.164 e. The monoisotopic (exact) mass is 1320 g/mol. The van der Waals surface area contributed by atoms with E-state index < -0.39 is 0 Å². The lowest BCUT2D eigenvalue weighted by Gasteiger charge is -2.16. The van der Waals surface area contributed by atoms with Crippen molar-refractivity contribution in [3.63, 3.8) is 0 Å². The molecule has 0 unspecified atom stereocenters. The van der Waals surface area contributed by atoms with Crippen molar-refractivity contribution in [1.82, 2.24) is 29.9 Å².